The van der Waals surface area contributed by atoms with Crippen molar-refractivity contribution >= 4 is 11.9 Å². The van der Waals surface area contributed by atoms with Crippen LogP contribution < -0.4 is 5.32 Å². The van der Waals surface area contributed by atoms with E-state index >= 15 is 0 Å². The van der Waals surface area contributed by atoms with E-state index in [9.17, 15) is 22.4 Å². The maximum Gasteiger partial charge on any atom is 0.433 e. The summed E-state index contributed by atoms with van der Waals surface area (Å²) in [4.78, 5) is 23.4. The average molecular weight is 449 g/mol. The first-order chi connectivity index (χ1) is 15.3. The van der Waals surface area contributed by atoms with Gasteiger partial charge in [0.25, 0.3) is 5.91 Å². The van der Waals surface area contributed by atoms with Crippen LogP contribution in [0.5, 0.6) is 0 Å². The zero-order valence-electron chi connectivity index (χ0n) is 16.9. The van der Waals surface area contributed by atoms with Crippen LogP contribution in [0.4, 0.5) is 23.5 Å². The number of nitrogens with one attached hydrogen (secondary N) is 1. The Labute approximate surface area is 180 Å². The van der Waals surface area contributed by atoms with Gasteiger partial charge in [0.2, 0.25) is 5.95 Å². The second-order valence-electron chi connectivity index (χ2n) is 7.35. The summed E-state index contributed by atoms with van der Waals surface area (Å²) >= 11 is 0. The summed E-state index contributed by atoms with van der Waals surface area (Å²) in [6.07, 6.45) is 0.403. The maximum absolute atomic E-state index is 14.7. The number of carbonyl (C=O) groups excluding carboxylic acids is 1. The zero-order chi connectivity index (χ0) is 22.9. The number of halogens is 4. The first-order valence-electron chi connectivity index (χ1n) is 9.88. The highest BCUT2D eigenvalue weighted by atomic mass is 19.4. The molecule has 1 saturated heterocycles. The number of rotatable bonds is 4. The summed E-state index contributed by atoms with van der Waals surface area (Å²) in [5, 5.41) is 10.9. The number of likely N-dealkylation sites (tertiary alicyclic amines) is 1. The van der Waals surface area contributed by atoms with E-state index in [0.717, 1.165) is 17.1 Å². The molecular weight excluding hydrogens is 430 g/mol. The molecule has 1 amide bonds. The van der Waals surface area contributed by atoms with Crippen molar-refractivity contribution in [1.29, 1.82) is 0 Å². The van der Waals surface area contributed by atoms with Crippen molar-refractivity contribution in [2.45, 2.75) is 38.0 Å². The third-order valence-corrected chi connectivity index (χ3v) is 5.35. The quantitative estimate of drug-likeness (QED) is 0.615. The van der Waals surface area contributed by atoms with Crippen molar-refractivity contribution < 1.29 is 22.4 Å². The smallest absolute Gasteiger partial charge is 0.349 e. The van der Waals surface area contributed by atoms with Crippen LogP contribution in [0.15, 0.2) is 42.9 Å². The Hall–Kier alpha value is -3.57. The van der Waals surface area contributed by atoms with Gasteiger partial charge in [0, 0.05) is 24.8 Å². The van der Waals surface area contributed by atoms with Crippen LogP contribution >= 0.6 is 0 Å². The van der Waals surface area contributed by atoms with Crippen LogP contribution in [0.1, 0.15) is 35.8 Å². The van der Waals surface area contributed by atoms with Gasteiger partial charge in [-0.25, -0.2) is 14.4 Å². The van der Waals surface area contributed by atoms with Crippen molar-refractivity contribution in [3.8, 4) is 5.69 Å². The third-order valence-electron chi connectivity index (χ3n) is 5.35. The van der Waals surface area contributed by atoms with Crippen LogP contribution in [-0.2, 0) is 6.18 Å². The number of nitrogens with zero attached hydrogens (tertiary/aromatic N) is 6. The van der Waals surface area contributed by atoms with Crippen molar-refractivity contribution in [2.24, 2.45) is 0 Å². The lowest BCUT2D eigenvalue weighted by molar-refractivity contribution is -0.141. The Kier molecular flexibility index (Phi) is 5.76. The monoisotopic (exact) mass is 449 g/mol. The van der Waals surface area contributed by atoms with Gasteiger partial charge < -0.3 is 10.2 Å². The molecule has 2 atom stereocenters. The number of piperidine rings is 1. The van der Waals surface area contributed by atoms with Crippen molar-refractivity contribution in [2.75, 3.05) is 11.9 Å². The van der Waals surface area contributed by atoms with Crippen LogP contribution in [0.3, 0.4) is 0 Å². The molecule has 32 heavy (non-hydrogen) atoms. The average Bonchev–Trinajstić information content (AvgIpc) is 3.29. The van der Waals surface area contributed by atoms with Crippen LogP contribution in [0.25, 0.3) is 5.69 Å². The lowest BCUT2D eigenvalue weighted by Gasteiger charge is -2.40. The summed E-state index contributed by atoms with van der Waals surface area (Å²) in [5.41, 5.74) is -1.04. The van der Waals surface area contributed by atoms with E-state index in [0.29, 0.717) is 19.4 Å². The summed E-state index contributed by atoms with van der Waals surface area (Å²) in [7, 11) is 0. The van der Waals surface area contributed by atoms with Gasteiger partial charge in [0.1, 0.15) is 22.8 Å². The molecule has 3 heterocycles. The van der Waals surface area contributed by atoms with Crippen LogP contribution in [-0.4, -0.2) is 54.4 Å². The van der Waals surface area contributed by atoms with Gasteiger partial charge in [-0.1, -0.05) is 6.07 Å². The lowest BCUT2D eigenvalue weighted by atomic mass is 9.96. The molecule has 0 spiro atoms. The van der Waals surface area contributed by atoms with Gasteiger partial charge in [0.05, 0.1) is 12.4 Å². The molecule has 1 N–H and O–H groups in total. The standard InChI is InChI=1S/C20H19F4N7O/c1-12-14(28-19-25-8-7-16(29-19)20(22,23)24)5-3-11-30(12)18(32)17-13(21)4-2-6-15(17)31-26-9-10-27-31/h2,4,6-10,12,14H,3,5,11H2,1H3,(H,25,28,29)/t12-,14+/m0/s1. The van der Waals surface area contributed by atoms with Crippen LogP contribution in [0, 0.1) is 5.82 Å². The Morgan fingerprint density at radius 2 is 1.91 bits per heavy atom. The number of aromatic nitrogens is 5. The van der Waals surface area contributed by atoms with Gasteiger partial charge >= 0.3 is 6.18 Å². The molecule has 1 fully saturated rings. The molecule has 4 rings (SSSR count). The predicted octanol–water partition coefficient (Wildman–Crippen LogP) is 3.32. The fourth-order valence-corrected chi connectivity index (χ4v) is 3.75. The highest BCUT2D eigenvalue weighted by molar-refractivity contribution is 5.98. The van der Waals surface area contributed by atoms with Gasteiger partial charge in [-0.05, 0) is 38.0 Å². The lowest BCUT2D eigenvalue weighted by Crippen LogP contribution is -2.52. The molecule has 1 aliphatic rings. The number of benzene rings is 1. The van der Waals surface area contributed by atoms with Crippen molar-refractivity contribution in [3.63, 3.8) is 0 Å². The van der Waals surface area contributed by atoms with Crippen LogP contribution in [0.2, 0.25) is 0 Å². The molecule has 3 aromatic rings. The number of amides is 1. The van der Waals surface area contributed by atoms with E-state index in [-0.39, 0.29) is 17.2 Å². The summed E-state index contributed by atoms with van der Waals surface area (Å²) < 4.78 is 53.6. The Morgan fingerprint density at radius 3 is 2.62 bits per heavy atom. The molecule has 1 aromatic carbocycles. The van der Waals surface area contributed by atoms with Gasteiger partial charge in [-0.15, -0.1) is 0 Å². The topological polar surface area (TPSA) is 88.8 Å². The van der Waals surface area contributed by atoms with E-state index in [2.05, 4.69) is 25.5 Å². The number of hydrogen-bond acceptors (Lipinski definition) is 6. The second-order valence-corrected chi connectivity index (χ2v) is 7.35. The highest BCUT2D eigenvalue weighted by Crippen LogP contribution is 2.29. The van der Waals surface area contributed by atoms with Crippen molar-refractivity contribution in [3.05, 3.63) is 59.9 Å². The molecule has 12 heteroatoms. The van der Waals surface area contributed by atoms with E-state index in [1.807, 2.05) is 0 Å². The zero-order valence-corrected chi connectivity index (χ0v) is 16.9. The summed E-state index contributed by atoms with van der Waals surface area (Å²) in [6, 6.07) is 4.08. The largest absolute Gasteiger partial charge is 0.433 e. The molecule has 0 bridgehead atoms. The number of hydrogen-bond donors (Lipinski definition) is 1. The predicted molar refractivity (Wildman–Crippen MR) is 105 cm³/mol. The van der Waals surface area contributed by atoms with E-state index < -0.39 is 35.7 Å². The molecule has 0 aliphatic carbocycles. The molecule has 8 nitrogen and oxygen atoms in total. The van der Waals surface area contributed by atoms with E-state index in [1.54, 1.807) is 6.92 Å². The van der Waals surface area contributed by atoms with Crippen molar-refractivity contribution in [1.82, 2.24) is 29.9 Å². The minimum atomic E-state index is -4.60. The maximum atomic E-state index is 14.7. The summed E-state index contributed by atoms with van der Waals surface area (Å²) in [5.74, 6) is -1.45. The highest BCUT2D eigenvalue weighted by Gasteiger charge is 2.36. The summed E-state index contributed by atoms with van der Waals surface area (Å²) in [6.45, 7) is 2.11. The fourth-order valence-electron chi connectivity index (χ4n) is 3.75. The number of carbonyl (C=O) groups is 1. The first kappa shape index (κ1) is 21.7. The molecule has 0 unspecified atom stereocenters. The molecule has 168 valence electrons. The number of anilines is 1. The van der Waals surface area contributed by atoms with Gasteiger partial charge in [0.15, 0.2) is 0 Å². The minimum Gasteiger partial charge on any atom is -0.349 e. The Balaban J connectivity index is 1.58. The van der Waals surface area contributed by atoms with Gasteiger partial charge in [-0.3, -0.25) is 4.79 Å². The molecular formula is C20H19F4N7O. The van der Waals surface area contributed by atoms with E-state index in [1.165, 1.54) is 35.5 Å². The molecule has 0 radical (unpaired) electrons. The fraction of sp³-hybridized carbons (Fsp3) is 0.350. The third kappa shape index (κ3) is 4.25. The molecule has 1 aliphatic heterocycles. The first-order valence-corrected chi connectivity index (χ1v) is 9.88. The van der Waals surface area contributed by atoms with Gasteiger partial charge in [-0.2, -0.15) is 28.2 Å². The Morgan fingerprint density at radius 1 is 1.16 bits per heavy atom. The Bertz CT molecular complexity index is 1100. The number of alkyl halides is 3. The van der Waals surface area contributed by atoms with E-state index in [4.69, 9.17) is 0 Å². The normalized spacial score (nSPS) is 19.1. The SMILES string of the molecule is C[C@H]1[C@H](Nc2nccc(C(F)(F)F)n2)CCCN1C(=O)c1c(F)cccc1-n1nccn1. The molecule has 0 saturated carbocycles. The molecule has 2 aromatic heterocycles. The minimum absolute atomic E-state index is 0.175. The second kappa shape index (κ2) is 8.52.